The van der Waals surface area contributed by atoms with E-state index >= 15 is 0 Å². The van der Waals surface area contributed by atoms with E-state index in [0.717, 1.165) is 48.4 Å². The zero-order valence-corrected chi connectivity index (χ0v) is 13.5. The second-order valence-corrected chi connectivity index (χ2v) is 6.36. The Balaban J connectivity index is 1.48. The van der Waals surface area contributed by atoms with E-state index in [1.807, 2.05) is 41.3 Å². The van der Waals surface area contributed by atoms with Gasteiger partial charge in [0.25, 0.3) is 0 Å². The van der Waals surface area contributed by atoms with Crippen molar-refractivity contribution in [2.45, 2.75) is 25.2 Å². The number of carbonyl (C=O) groups excluding carboxylic acids is 1. The van der Waals surface area contributed by atoms with Gasteiger partial charge in [0.1, 0.15) is 5.82 Å². The Kier molecular flexibility index (Phi) is 3.99. The van der Waals surface area contributed by atoms with Gasteiger partial charge in [0, 0.05) is 31.4 Å². The number of likely N-dealkylation sites (tertiary alicyclic amines) is 1. The molecule has 1 fully saturated rings. The van der Waals surface area contributed by atoms with Crippen molar-refractivity contribution >= 4 is 16.9 Å². The molecule has 3 aromatic rings. The van der Waals surface area contributed by atoms with E-state index in [2.05, 4.69) is 9.97 Å². The third kappa shape index (κ3) is 3.02. The molecule has 1 saturated heterocycles. The molecule has 122 valence electrons. The van der Waals surface area contributed by atoms with Crippen LogP contribution in [0.4, 0.5) is 0 Å². The summed E-state index contributed by atoms with van der Waals surface area (Å²) >= 11 is 0. The Hall–Kier alpha value is -2.69. The number of nitrogens with one attached hydrogen (secondary N) is 1. The van der Waals surface area contributed by atoms with Crippen molar-refractivity contribution in [2.24, 2.45) is 0 Å². The molecular weight excluding hydrogens is 300 g/mol. The predicted molar refractivity (Wildman–Crippen MR) is 92.6 cm³/mol. The van der Waals surface area contributed by atoms with Crippen LogP contribution in [0.1, 0.15) is 30.1 Å². The van der Waals surface area contributed by atoms with Crippen LogP contribution in [-0.2, 0) is 11.2 Å². The molecule has 5 heteroatoms. The van der Waals surface area contributed by atoms with Crippen LogP contribution >= 0.6 is 0 Å². The molecule has 0 bridgehead atoms. The molecule has 1 amide bonds. The largest absolute Gasteiger partial charge is 0.342 e. The summed E-state index contributed by atoms with van der Waals surface area (Å²) in [5.41, 5.74) is 3.02. The van der Waals surface area contributed by atoms with E-state index in [1.54, 1.807) is 12.4 Å². The normalized spacial score (nSPS) is 18.0. The molecule has 1 aliphatic rings. The fraction of sp³-hybridized carbons (Fsp3) is 0.316. The van der Waals surface area contributed by atoms with Crippen molar-refractivity contribution in [3.05, 3.63) is 60.2 Å². The minimum Gasteiger partial charge on any atom is -0.342 e. The molecule has 0 saturated carbocycles. The quantitative estimate of drug-likeness (QED) is 0.807. The van der Waals surface area contributed by atoms with E-state index in [4.69, 9.17) is 4.98 Å². The number of piperidine rings is 1. The van der Waals surface area contributed by atoms with E-state index in [1.165, 1.54) is 0 Å². The van der Waals surface area contributed by atoms with Crippen LogP contribution in [0.25, 0.3) is 11.0 Å². The number of carbonyl (C=O) groups is 1. The SMILES string of the molecule is O=C(Cc1cccnc1)N1CCC[C@H](c2nc3ccccc3[nH]2)C1. The number of para-hydroxylation sites is 2. The van der Waals surface area contributed by atoms with E-state index in [9.17, 15) is 4.79 Å². The zero-order valence-electron chi connectivity index (χ0n) is 13.5. The maximum absolute atomic E-state index is 12.6. The molecule has 1 N–H and O–H groups in total. The number of rotatable bonds is 3. The summed E-state index contributed by atoms with van der Waals surface area (Å²) in [6.07, 6.45) is 5.99. The fourth-order valence-electron chi connectivity index (χ4n) is 3.38. The number of pyridine rings is 1. The minimum absolute atomic E-state index is 0.170. The first-order valence-corrected chi connectivity index (χ1v) is 8.41. The summed E-state index contributed by atoms with van der Waals surface area (Å²) in [5.74, 6) is 1.45. The van der Waals surface area contributed by atoms with Gasteiger partial charge in [-0.15, -0.1) is 0 Å². The first kappa shape index (κ1) is 14.9. The second kappa shape index (κ2) is 6.43. The second-order valence-electron chi connectivity index (χ2n) is 6.36. The van der Waals surface area contributed by atoms with Crippen molar-refractivity contribution in [2.75, 3.05) is 13.1 Å². The molecule has 24 heavy (non-hydrogen) atoms. The molecule has 5 nitrogen and oxygen atoms in total. The van der Waals surface area contributed by atoms with Crippen LogP contribution in [-0.4, -0.2) is 38.8 Å². The van der Waals surface area contributed by atoms with Crippen LogP contribution in [0.15, 0.2) is 48.8 Å². The number of imidazole rings is 1. The molecular formula is C19H20N4O. The van der Waals surface area contributed by atoms with Crippen molar-refractivity contribution in [1.82, 2.24) is 19.9 Å². The van der Waals surface area contributed by atoms with Gasteiger partial charge in [0.2, 0.25) is 5.91 Å². The van der Waals surface area contributed by atoms with Gasteiger partial charge in [-0.3, -0.25) is 9.78 Å². The summed E-state index contributed by atoms with van der Waals surface area (Å²) in [4.78, 5) is 26.8. The number of hydrogen-bond donors (Lipinski definition) is 1. The molecule has 1 aliphatic heterocycles. The predicted octanol–water partition coefficient (Wildman–Crippen LogP) is 2.91. The van der Waals surface area contributed by atoms with E-state index in [0.29, 0.717) is 6.42 Å². The number of amides is 1. The van der Waals surface area contributed by atoms with Gasteiger partial charge in [0.05, 0.1) is 17.5 Å². The van der Waals surface area contributed by atoms with Gasteiger partial charge >= 0.3 is 0 Å². The molecule has 0 aliphatic carbocycles. The topological polar surface area (TPSA) is 61.9 Å². The summed E-state index contributed by atoms with van der Waals surface area (Å²) in [7, 11) is 0. The lowest BCUT2D eigenvalue weighted by Crippen LogP contribution is -2.40. The van der Waals surface area contributed by atoms with Crippen molar-refractivity contribution in [3.8, 4) is 0 Å². The maximum atomic E-state index is 12.6. The molecule has 2 aromatic heterocycles. The van der Waals surface area contributed by atoms with Gasteiger partial charge in [0.15, 0.2) is 0 Å². The highest BCUT2D eigenvalue weighted by Gasteiger charge is 2.26. The molecule has 4 rings (SSSR count). The van der Waals surface area contributed by atoms with Crippen LogP contribution < -0.4 is 0 Å². The van der Waals surface area contributed by atoms with Crippen LogP contribution in [0, 0.1) is 0 Å². The smallest absolute Gasteiger partial charge is 0.227 e. The summed E-state index contributed by atoms with van der Waals surface area (Å²) in [6, 6.07) is 11.9. The van der Waals surface area contributed by atoms with E-state index in [-0.39, 0.29) is 11.8 Å². The highest BCUT2D eigenvalue weighted by atomic mass is 16.2. The van der Waals surface area contributed by atoms with Crippen molar-refractivity contribution in [3.63, 3.8) is 0 Å². The van der Waals surface area contributed by atoms with Gasteiger partial charge < -0.3 is 9.88 Å². The van der Waals surface area contributed by atoms with Gasteiger partial charge in [-0.25, -0.2) is 4.98 Å². The third-order valence-corrected chi connectivity index (χ3v) is 4.65. The summed E-state index contributed by atoms with van der Waals surface area (Å²) in [6.45, 7) is 1.56. The molecule has 1 aromatic carbocycles. The number of H-pyrrole nitrogens is 1. The number of aromatic nitrogens is 3. The minimum atomic E-state index is 0.170. The van der Waals surface area contributed by atoms with Crippen LogP contribution in [0.2, 0.25) is 0 Å². The Labute approximate surface area is 140 Å². The first-order chi connectivity index (χ1) is 11.8. The average Bonchev–Trinajstić information content (AvgIpc) is 3.07. The third-order valence-electron chi connectivity index (χ3n) is 4.65. The number of aromatic amines is 1. The number of hydrogen-bond acceptors (Lipinski definition) is 3. The Morgan fingerprint density at radius 3 is 3.00 bits per heavy atom. The molecule has 1 atom stereocenters. The Morgan fingerprint density at radius 2 is 2.17 bits per heavy atom. The summed E-state index contributed by atoms with van der Waals surface area (Å²) < 4.78 is 0. The Bertz CT molecular complexity index is 810. The van der Waals surface area contributed by atoms with Gasteiger partial charge in [-0.05, 0) is 36.6 Å². The lowest BCUT2D eigenvalue weighted by Gasteiger charge is -2.32. The molecule has 0 unspecified atom stereocenters. The molecule has 0 radical (unpaired) electrons. The fourth-order valence-corrected chi connectivity index (χ4v) is 3.38. The van der Waals surface area contributed by atoms with Crippen LogP contribution in [0.3, 0.4) is 0 Å². The first-order valence-electron chi connectivity index (χ1n) is 8.41. The lowest BCUT2D eigenvalue weighted by molar-refractivity contribution is -0.131. The molecule has 3 heterocycles. The number of nitrogens with zero attached hydrogens (tertiary/aromatic N) is 3. The van der Waals surface area contributed by atoms with Crippen LogP contribution in [0.5, 0.6) is 0 Å². The summed E-state index contributed by atoms with van der Waals surface area (Å²) in [5, 5.41) is 0. The van der Waals surface area contributed by atoms with E-state index < -0.39 is 0 Å². The van der Waals surface area contributed by atoms with Crippen molar-refractivity contribution < 1.29 is 4.79 Å². The zero-order chi connectivity index (χ0) is 16.4. The van der Waals surface area contributed by atoms with Gasteiger partial charge in [-0.1, -0.05) is 18.2 Å². The highest BCUT2D eigenvalue weighted by molar-refractivity contribution is 5.79. The lowest BCUT2D eigenvalue weighted by atomic mass is 9.97. The van der Waals surface area contributed by atoms with Gasteiger partial charge in [-0.2, -0.15) is 0 Å². The number of benzene rings is 1. The van der Waals surface area contributed by atoms with Crippen molar-refractivity contribution in [1.29, 1.82) is 0 Å². The molecule has 0 spiro atoms. The Morgan fingerprint density at radius 1 is 1.25 bits per heavy atom. The maximum Gasteiger partial charge on any atom is 0.227 e. The highest BCUT2D eigenvalue weighted by Crippen LogP contribution is 2.27. The average molecular weight is 320 g/mol. The number of fused-ring (bicyclic) bond motifs is 1. The standard InChI is InChI=1S/C19H20N4O/c24-18(11-14-5-3-9-20-12-14)23-10-4-6-15(13-23)19-21-16-7-1-2-8-17(16)22-19/h1-3,5,7-9,12,15H,4,6,10-11,13H2,(H,21,22)/t15-/m0/s1. The monoisotopic (exact) mass is 320 g/mol.